The number of rotatable bonds is 5. The fourth-order valence-corrected chi connectivity index (χ4v) is 3.16. The van der Waals surface area contributed by atoms with Crippen molar-refractivity contribution in [3.05, 3.63) is 46.2 Å². The molecule has 0 amide bonds. The topological polar surface area (TPSA) is 38.9 Å². The summed E-state index contributed by atoms with van der Waals surface area (Å²) < 4.78 is 13.4. The van der Waals surface area contributed by atoms with E-state index in [0.717, 1.165) is 17.1 Å². The molecular formula is C12H13FN2S2. The van der Waals surface area contributed by atoms with Gasteiger partial charge in [0.15, 0.2) is 0 Å². The molecule has 2 N–H and O–H groups in total. The van der Waals surface area contributed by atoms with Crippen LogP contribution in [-0.4, -0.2) is 11.5 Å². The van der Waals surface area contributed by atoms with Crippen LogP contribution in [0.3, 0.4) is 0 Å². The second-order valence-electron chi connectivity index (χ2n) is 3.49. The molecule has 17 heavy (non-hydrogen) atoms. The van der Waals surface area contributed by atoms with Gasteiger partial charge in [-0.15, -0.1) is 23.1 Å². The second-order valence-corrected chi connectivity index (χ2v) is 5.45. The highest BCUT2D eigenvalue weighted by Crippen LogP contribution is 2.26. The zero-order chi connectivity index (χ0) is 12.1. The zero-order valence-electron chi connectivity index (χ0n) is 9.23. The van der Waals surface area contributed by atoms with Gasteiger partial charge in [0.1, 0.15) is 10.8 Å². The molecule has 1 heterocycles. The molecule has 2 nitrogen and oxygen atoms in total. The molecule has 0 aliphatic rings. The van der Waals surface area contributed by atoms with Crippen molar-refractivity contribution in [2.75, 3.05) is 6.54 Å². The molecule has 0 atom stereocenters. The fraction of sp³-hybridized carbons (Fsp3) is 0.250. The molecule has 1 aromatic carbocycles. The number of halogens is 1. The van der Waals surface area contributed by atoms with Crippen molar-refractivity contribution in [2.45, 2.75) is 17.1 Å². The van der Waals surface area contributed by atoms with Crippen LogP contribution in [0.1, 0.15) is 10.7 Å². The number of nitrogens with zero attached hydrogens (tertiary/aromatic N) is 1. The summed E-state index contributed by atoms with van der Waals surface area (Å²) >= 11 is 3.08. The van der Waals surface area contributed by atoms with E-state index in [1.165, 1.54) is 17.8 Å². The third-order valence-corrected chi connectivity index (χ3v) is 4.33. The fourth-order valence-electron chi connectivity index (χ4n) is 1.38. The Kier molecular flexibility index (Phi) is 4.53. The van der Waals surface area contributed by atoms with Crippen LogP contribution >= 0.6 is 23.1 Å². The molecule has 0 aliphatic carbocycles. The first-order chi connectivity index (χ1) is 8.29. The Bertz CT molecular complexity index is 485. The summed E-state index contributed by atoms with van der Waals surface area (Å²) in [5.74, 6) is 0.534. The summed E-state index contributed by atoms with van der Waals surface area (Å²) in [6.07, 6.45) is 0.806. The van der Waals surface area contributed by atoms with Gasteiger partial charge in [-0.05, 0) is 18.7 Å². The van der Waals surface area contributed by atoms with E-state index in [2.05, 4.69) is 4.98 Å². The Hall–Kier alpha value is -0.910. The molecule has 2 aromatic rings. The monoisotopic (exact) mass is 268 g/mol. The minimum absolute atomic E-state index is 0.170. The highest BCUT2D eigenvalue weighted by Gasteiger charge is 2.05. The van der Waals surface area contributed by atoms with Gasteiger partial charge in [0, 0.05) is 16.7 Å². The Morgan fingerprint density at radius 3 is 2.94 bits per heavy atom. The lowest BCUT2D eigenvalue weighted by Crippen LogP contribution is -2.02. The summed E-state index contributed by atoms with van der Waals surface area (Å²) in [4.78, 5) is 5.11. The average Bonchev–Trinajstić information content (AvgIpc) is 2.76. The van der Waals surface area contributed by atoms with Crippen molar-refractivity contribution in [3.63, 3.8) is 0 Å². The van der Waals surface area contributed by atoms with Gasteiger partial charge in [-0.25, -0.2) is 9.37 Å². The molecule has 0 fully saturated rings. The number of hydrogen-bond donors (Lipinski definition) is 1. The minimum Gasteiger partial charge on any atom is -0.330 e. The Morgan fingerprint density at radius 1 is 1.35 bits per heavy atom. The van der Waals surface area contributed by atoms with Crippen LogP contribution < -0.4 is 5.73 Å². The molecule has 0 radical (unpaired) electrons. The van der Waals surface area contributed by atoms with E-state index in [1.807, 2.05) is 11.4 Å². The Balaban J connectivity index is 1.95. The van der Waals surface area contributed by atoms with Crippen molar-refractivity contribution >= 4 is 23.1 Å². The van der Waals surface area contributed by atoms with Gasteiger partial charge in [-0.3, -0.25) is 0 Å². The summed E-state index contributed by atoms with van der Waals surface area (Å²) in [7, 11) is 0. The molecule has 0 bridgehead atoms. The summed E-state index contributed by atoms with van der Waals surface area (Å²) in [5, 5.41) is 3.03. The number of hydrogen-bond acceptors (Lipinski definition) is 4. The van der Waals surface area contributed by atoms with E-state index in [-0.39, 0.29) is 5.82 Å². The third kappa shape index (κ3) is 3.52. The van der Waals surface area contributed by atoms with Gasteiger partial charge in [0.25, 0.3) is 0 Å². The molecule has 1 aromatic heterocycles. The van der Waals surface area contributed by atoms with Crippen LogP contribution in [-0.2, 0) is 12.2 Å². The van der Waals surface area contributed by atoms with Crippen LogP contribution in [0.5, 0.6) is 0 Å². The standard InChI is InChI=1S/C12H13FN2S2/c13-10-3-1-2-4-11(10)16-8-12-15-9(5-6-14)7-17-12/h1-4,7H,5-6,8,14H2. The van der Waals surface area contributed by atoms with Gasteiger partial charge < -0.3 is 5.73 Å². The van der Waals surface area contributed by atoms with Crippen LogP contribution in [0, 0.1) is 5.82 Å². The first-order valence-electron chi connectivity index (χ1n) is 5.30. The zero-order valence-corrected chi connectivity index (χ0v) is 10.9. The van der Waals surface area contributed by atoms with E-state index >= 15 is 0 Å². The summed E-state index contributed by atoms with van der Waals surface area (Å²) in [5.41, 5.74) is 6.49. The first kappa shape index (κ1) is 12.5. The highest BCUT2D eigenvalue weighted by atomic mass is 32.2. The minimum atomic E-state index is -0.170. The quantitative estimate of drug-likeness (QED) is 0.847. The number of thioether (sulfide) groups is 1. The normalized spacial score (nSPS) is 10.7. The van der Waals surface area contributed by atoms with E-state index in [1.54, 1.807) is 23.5 Å². The third-order valence-electron chi connectivity index (χ3n) is 2.19. The summed E-state index contributed by atoms with van der Waals surface area (Å²) in [6, 6.07) is 6.80. The lowest BCUT2D eigenvalue weighted by atomic mass is 10.3. The smallest absolute Gasteiger partial charge is 0.136 e. The average molecular weight is 268 g/mol. The van der Waals surface area contributed by atoms with Crippen LogP contribution in [0.15, 0.2) is 34.5 Å². The van der Waals surface area contributed by atoms with Gasteiger partial charge in [0.05, 0.1) is 11.4 Å². The molecule has 5 heteroatoms. The number of nitrogens with two attached hydrogens (primary N) is 1. The van der Waals surface area contributed by atoms with Crippen molar-refractivity contribution < 1.29 is 4.39 Å². The van der Waals surface area contributed by atoms with Crippen molar-refractivity contribution in [1.29, 1.82) is 0 Å². The van der Waals surface area contributed by atoms with Crippen LogP contribution in [0.4, 0.5) is 4.39 Å². The molecule has 0 saturated carbocycles. The van der Waals surface area contributed by atoms with E-state index < -0.39 is 0 Å². The Morgan fingerprint density at radius 2 is 2.18 bits per heavy atom. The molecule has 2 rings (SSSR count). The van der Waals surface area contributed by atoms with Crippen molar-refractivity contribution in [3.8, 4) is 0 Å². The lowest BCUT2D eigenvalue weighted by Gasteiger charge is -2.00. The molecule has 0 saturated heterocycles. The second kappa shape index (κ2) is 6.14. The highest BCUT2D eigenvalue weighted by molar-refractivity contribution is 7.98. The molecular weight excluding hydrogens is 255 g/mol. The number of benzene rings is 1. The van der Waals surface area contributed by atoms with Gasteiger partial charge in [-0.2, -0.15) is 0 Å². The maximum absolute atomic E-state index is 13.4. The first-order valence-corrected chi connectivity index (χ1v) is 7.17. The molecule has 0 unspecified atom stereocenters. The van der Waals surface area contributed by atoms with Gasteiger partial charge >= 0.3 is 0 Å². The number of thiazole rings is 1. The van der Waals surface area contributed by atoms with E-state index in [0.29, 0.717) is 17.2 Å². The molecule has 90 valence electrons. The molecule has 0 aliphatic heterocycles. The maximum Gasteiger partial charge on any atom is 0.136 e. The predicted octanol–water partition coefficient (Wildman–Crippen LogP) is 3.08. The van der Waals surface area contributed by atoms with Gasteiger partial charge in [-0.1, -0.05) is 12.1 Å². The lowest BCUT2D eigenvalue weighted by molar-refractivity contribution is 0.602. The number of aromatic nitrogens is 1. The summed E-state index contributed by atoms with van der Waals surface area (Å²) in [6.45, 7) is 0.615. The molecule has 0 spiro atoms. The van der Waals surface area contributed by atoms with Crippen molar-refractivity contribution in [1.82, 2.24) is 4.98 Å². The van der Waals surface area contributed by atoms with Crippen LogP contribution in [0.2, 0.25) is 0 Å². The largest absolute Gasteiger partial charge is 0.330 e. The van der Waals surface area contributed by atoms with E-state index in [4.69, 9.17) is 5.73 Å². The maximum atomic E-state index is 13.4. The predicted molar refractivity (Wildman–Crippen MR) is 70.8 cm³/mol. The van der Waals surface area contributed by atoms with Crippen molar-refractivity contribution in [2.24, 2.45) is 5.73 Å². The van der Waals surface area contributed by atoms with Crippen LogP contribution in [0.25, 0.3) is 0 Å². The van der Waals surface area contributed by atoms with E-state index in [9.17, 15) is 4.39 Å². The van der Waals surface area contributed by atoms with Gasteiger partial charge in [0.2, 0.25) is 0 Å². The Labute approximate surface area is 108 Å². The SMILES string of the molecule is NCCc1csc(CSc2ccccc2F)n1.